The van der Waals surface area contributed by atoms with Gasteiger partial charge < -0.3 is 30.2 Å². The van der Waals surface area contributed by atoms with Crippen LogP contribution < -0.4 is 15.5 Å². The first-order chi connectivity index (χ1) is 21.5. The number of likely N-dealkylation sites (N-methyl/N-ethyl adjacent to an activating group) is 1. The summed E-state index contributed by atoms with van der Waals surface area (Å²) >= 11 is 0. The molecule has 45 heavy (non-hydrogen) atoms. The van der Waals surface area contributed by atoms with Gasteiger partial charge in [-0.2, -0.15) is 5.26 Å². The van der Waals surface area contributed by atoms with Crippen molar-refractivity contribution in [1.29, 1.82) is 5.26 Å². The number of hydrogen-bond acceptors (Lipinski definition) is 8. The zero-order valence-corrected chi connectivity index (χ0v) is 26.9. The Hall–Kier alpha value is -3.95. The molecule has 6 rings (SSSR count). The smallest absolute Gasteiger partial charge is 0.320 e. The highest BCUT2D eigenvalue weighted by Gasteiger charge is 2.49. The van der Waals surface area contributed by atoms with Crippen molar-refractivity contribution in [2.75, 3.05) is 77.4 Å². The van der Waals surface area contributed by atoms with Crippen molar-refractivity contribution in [1.82, 2.24) is 35.2 Å². The van der Waals surface area contributed by atoms with Crippen molar-refractivity contribution < 1.29 is 14.4 Å². The summed E-state index contributed by atoms with van der Waals surface area (Å²) in [5.74, 6) is 0.467. The van der Waals surface area contributed by atoms with Crippen LogP contribution in [0.5, 0.6) is 0 Å². The summed E-state index contributed by atoms with van der Waals surface area (Å²) in [6.07, 6.45) is 0.738. The van der Waals surface area contributed by atoms with Crippen LogP contribution in [0.15, 0.2) is 24.3 Å². The Kier molecular flexibility index (Phi) is 8.35. The molecule has 1 unspecified atom stereocenters. The molecule has 2 N–H and O–H groups in total. The first kappa shape index (κ1) is 31.0. The number of benzene rings is 1. The van der Waals surface area contributed by atoms with Crippen molar-refractivity contribution in [3.8, 4) is 6.07 Å². The van der Waals surface area contributed by atoms with Crippen LogP contribution >= 0.6 is 0 Å². The Morgan fingerprint density at radius 3 is 2.36 bits per heavy atom. The summed E-state index contributed by atoms with van der Waals surface area (Å²) < 4.78 is 0. The molecule has 2 aromatic rings. The number of nitrogens with one attached hydrogen (secondary N) is 2. The number of likely N-dealkylation sites (tertiary alicyclic amines) is 1. The molecule has 1 aromatic carbocycles. The summed E-state index contributed by atoms with van der Waals surface area (Å²) in [6.45, 7) is 13.6. The first-order valence-electron chi connectivity index (χ1n) is 16.1. The Bertz CT molecular complexity index is 1510. The second-order valence-corrected chi connectivity index (χ2v) is 14.3. The molecule has 1 spiro atoms. The van der Waals surface area contributed by atoms with E-state index < -0.39 is 11.6 Å². The van der Waals surface area contributed by atoms with Crippen LogP contribution in [0, 0.1) is 16.7 Å². The van der Waals surface area contributed by atoms with Crippen LogP contribution in [0.2, 0.25) is 0 Å². The summed E-state index contributed by atoms with van der Waals surface area (Å²) in [5, 5.41) is 17.7. The van der Waals surface area contributed by atoms with E-state index in [0.29, 0.717) is 57.8 Å². The number of fused-ring (bicyclic) bond motifs is 3. The van der Waals surface area contributed by atoms with Gasteiger partial charge in [0.1, 0.15) is 23.5 Å². The lowest BCUT2D eigenvalue weighted by Gasteiger charge is -2.46. The number of hydrogen-bond donors (Lipinski definition) is 2. The van der Waals surface area contributed by atoms with E-state index in [0.717, 1.165) is 54.9 Å². The number of urea groups is 1. The number of rotatable bonds is 3. The molecule has 0 radical (unpaired) electrons. The molecule has 3 fully saturated rings. The Labute approximate surface area is 265 Å². The molecule has 0 aliphatic carbocycles. The van der Waals surface area contributed by atoms with Gasteiger partial charge in [0.05, 0.1) is 6.54 Å². The highest BCUT2D eigenvalue weighted by atomic mass is 16.2. The van der Waals surface area contributed by atoms with Crippen LogP contribution in [0.1, 0.15) is 44.9 Å². The van der Waals surface area contributed by atoms with Crippen molar-refractivity contribution in [2.24, 2.45) is 5.41 Å². The quantitative estimate of drug-likeness (QED) is 0.533. The van der Waals surface area contributed by atoms with Gasteiger partial charge in [-0.25, -0.2) is 9.78 Å². The number of piperidine rings is 1. The van der Waals surface area contributed by atoms with Gasteiger partial charge in [-0.15, -0.1) is 0 Å². The fourth-order valence-corrected chi connectivity index (χ4v) is 7.11. The highest BCUT2D eigenvalue weighted by Crippen LogP contribution is 2.34. The average Bonchev–Trinajstić information content (AvgIpc) is 3.19. The van der Waals surface area contributed by atoms with Crippen molar-refractivity contribution in [3.63, 3.8) is 0 Å². The third-order valence-corrected chi connectivity index (χ3v) is 9.67. The van der Waals surface area contributed by atoms with E-state index in [4.69, 9.17) is 4.98 Å². The number of anilines is 1. The van der Waals surface area contributed by atoms with E-state index in [1.54, 1.807) is 4.90 Å². The SMILES string of the molecule is CN1CCN(CC2NC(=O)C3(CCN(C(=O)N4CCN(CC(C)(C)C)c5nc(C#N)c6ccccc6c5C4)CC3)NC2=O)CC1. The molecule has 4 aliphatic heterocycles. The van der Waals surface area contributed by atoms with Crippen molar-refractivity contribution >= 4 is 34.4 Å². The largest absolute Gasteiger partial charge is 0.354 e. The van der Waals surface area contributed by atoms with Gasteiger partial charge in [-0.05, 0) is 30.7 Å². The molecule has 1 aromatic heterocycles. The molecule has 12 heteroatoms. The normalized spacial score (nSPS) is 22.9. The molecule has 0 bridgehead atoms. The fraction of sp³-hybridized carbons (Fsp3) is 0.606. The van der Waals surface area contributed by atoms with Crippen LogP contribution in [-0.2, 0) is 16.1 Å². The number of aromatic nitrogens is 1. The van der Waals surface area contributed by atoms with Gasteiger partial charge in [0.15, 0.2) is 5.69 Å². The standard InChI is InChI=1S/C33H45N9O3/c1-32(2,3)22-42-18-17-41(20-25-23-7-5-6-8-24(23)26(19-34)35-28(25)42)31(45)40-11-9-33(10-12-40)30(44)36-27(29(43)37-33)21-39-15-13-38(4)14-16-39/h5-8,27H,9-18,20-22H2,1-4H3,(H,36,44)(H,37,43). The van der Waals surface area contributed by atoms with E-state index in [2.05, 4.69) is 59.2 Å². The maximum atomic E-state index is 14.0. The molecular formula is C33H45N9O3. The minimum Gasteiger partial charge on any atom is -0.354 e. The van der Waals surface area contributed by atoms with Crippen LogP contribution in [0.3, 0.4) is 0 Å². The minimum atomic E-state index is -0.991. The lowest BCUT2D eigenvalue weighted by atomic mass is 9.84. The Balaban J connectivity index is 1.16. The Morgan fingerprint density at radius 1 is 1.00 bits per heavy atom. The number of nitrogens with zero attached hydrogens (tertiary/aromatic N) is 7. The van der Waals surface area contributed by atoms with Crippen molar-refractivity contribution in [3.05, 3.63) is 35.5 Å². The maximum Gasteiger partial charge on any atom is 0.320 e. The summed E-state index contributed by atoms with van der Waals surface area (Å²) in [7, 11) is 2.09. The molecule has 12 nitrogen and oxygen atoms in total. The number of piperazine rings is 2. The van der Waals surface area contributed by atoms with Crippen LogP contribution in [0.25, 0.3) is 10.8 Å². The molecule has 3 saturated heterocycles. The van der Waals surface area contributed by atoms with E-state index >= 15 is 0 Å². The van der Waals surface area contributed by atoms with E-state index in [1.165, 1.54) is 0 Å². The molecule has 240 valence electrons. The van der Waals surface area contributed by atoms with E-state index in [1.807, 2.05) is 29.2 Å². The fourth-order valence-electron chi connectivity index (χ4n) is 7.11. The van der Waals surface area contributed by atoms with Gasteiger partial charge in [-0.1, -0.05) is 45.0 Å². The second-order valence-electron chi connectivity index (χ2n) is 14.3. The molecule has 0 saturated carbocycles. The molecular weight excluding hydrogens is 570 g/mol. The lowest BCUT2D eigenvalue weighted by molar-refractivity contribution is -0.144. The lowest BCUT2D eigenvalue weighted by Crippen LogP contribution is -2.73. The number of amides is 4. The molecule has 5 heterocycles. The number of carbonyl (C=O) groups is 3. The maximum absolute atomic E-state index is 14.0. The molecule has 4 amide bonds. The predicted octanol–water partition coefficient (Wildman–Crippen LogP) is 1.59. The van der Waals surface area contributed by atoms with E-state index in [-0.39, 0.29) is 23.3 Å². The zero-order valence-electron chi connectivity index (χ0n) is 26.9. The highest BCUT2D eigenvalue weighted by molar-refractivity contribution is 6.00. The van der Waals surface area contributed by atoms with E-state index in [9.17, 15) is 19.6 Å². The van der Waals surface area contributed by atoms with Gasteiger partial charge >= 0.3 is 6.03 Å². The zero-order chi connectivity index (χ0) is 31.9. The summed E-state index contributed by atoms with van der Waals surface area (Å²) in [5.41, 5.74) is 0.322. The predicted molar refractivity (Wildman–Crippen MR) is 171 cm³/mol. The van der Waals surface area contributed by atoms with Crippen LogP contribution in [-0.4, -0.2) is 127 Å². The van der Waals surface area contributed by atoms with Crippen LogP contribution in [0.4, 0.5) is 10.6 Å². The van der Waals surface area contributed by atoms with Gasteiger partial charge in [0, 0.05) is 76.4 Å². The second kappa shape index (κ2) is 12.1. The Morgan fingerprint density at radius 2 is 1.69 bits per heavy atom. The van der Waals surface area contributed by atoms with Gasteiger partial charge in [-0.3, -0.25) is 14.5 Å². The molecule has 4 aliphatic rings. The topological polar surface area (TPSA) is 128 Å². The van der Waals surface area contributed by atoms with Gasteiger partial charge in [0.25, 0.3) is 0 Å². The monoisotopic (exact) mass is 615 g/mol. The molecule has 1 atom stereocenters. The third-order valence-electron chi connectivity index (χ3n) is 9.67. The summed E-state index contributed by atoms with van der Waals surface area (Å²) in [6, 6.07) is 9.40. The average molecular weight is 616 g/mol. The van der Waals surface area contributed by atoms with Crippen molar-refractivity contribution in [2.45, 2.75) is 51.7 Å². The number of pyridine rings is 1. The van der Waals surface area contributed by atoms with Gasteiger partial charge in [0.2, 0.25) is 11.8 Å². The third kappa shape index (κ3) is 6.29. The number of nitriles is 1. The first-order valence-corrected chi connectivity index (χ1v) is 16.1. The summed E-state index contributed by atoms with van der Waals surface area (Å²) in [4.78, 5) is 55.8. The number of carbonyl (C=O) groups excluding carboxylic acids is 3. The minimum absolute atomic E-state index is 0.0216.